The van der Waals surface area contributed by atoms with Gasteiger partial charge in [0.25, 0.3) is 0 Å². The van der Waals surface area contributed by atoms with Crippen molar-refractivity contribution in [3.8, 4) is 0 Å². The highest BCUT2D eigenvalue weighted by Crippen LogP contribution is 2.21. The minimum absolute atomic E-state index is 0.634. The van der Waals surface area contributed by atoms with E-state index in [4.69, 9.17) is 11.5 Å². The van der Waals surface area contributed by atoms with E-state index < -0.39 is 0 Å². The fraction of sp³-hybridized carbons (Fsp3) is 0. The molecule has 0 aliphatic carbocycles. The molecule has 0 atom stereocenters. The quantitative estimate of drug-likeness (QED) is 0.626. The van der Waals surface area contributed by atoms with Gasteiger partial charge in [-0.1, -0.05) is 30.3 Å². The molecule has 0 aliphatic heterocycles. The zero-order valence-corrected chi connectivity index (χ0v) is 11.7. The van der Waals surface area contributed by atoms with Crippen molar-refractivity contribution in [2.75, 3.05) is 16.8 Å². The second-order valence-electron chi connectivity index (χ2n) is 3.95. The van der Waals surface area contributed by atoms with E-state index in [1.807, 2.05) is 60.0 Å². The third-order valence-electron chi connectivity index (χ3n) is 2.47. The number of hydrogen-bond donors (Lipinski definition) is 3. The molecule has 2 aromatic carbocycles. The minimum atomic E-state index is 0.634. The lowest BCUT2D eigenvalue weighted by molar-refractivity contribution is 1.43. The van der Waals surface area contributed by atoms with Crippen LogP contribution in [0.4, 0.5) is 22.2 Å². The fourth-order valence-corrected chi connectivity index (χ4v) is 1.91. The van der Waals surface area contributed by atoms with Crippen molar-refractivity contribution < 1.29 is 0 Å². The zero-order valence-electron chi connectivity index (χ0n) is 10.9. The maximum absolute atomic E-state index is 5.81. The topological polar surface area (TPSA) is 77.0 Å². The number of aromatic nitrogens is 1. The molecule has 5 N–H and O–H groups in total. The summed E-state index contributed by atoms with van der Waals surface area (Å²) >= 11 is 1.44. The number of nitrogens with one attached hydrogen (secondary N) is 1. The van der Waals surface area contributed by atoms with Crippen molar-refractivity contribution in [2.24, 2.45) is 0 Å². The maximum atomic E-state index is 5.81. The lowest BCUT2D eigenvalue weighted by Gasteiger charge is -2.08. The molecule has 102 valence electrons. The summed E-state index contributed by atoms with van der Waals surface area (Å²) < 4.78 is 0. The number of anilines is 4. The van der Waals surface area contributed by atoms with Crippen molar-refractivity contribution in [3.63, 3.8) is 0 Å². The van der Waals surface area contributed by atoms with Gasteiger partial charge >= 0.3 is 0 Å². The van der Waals surface area contributed by atoms with Crippen molar-refractivity contribution in [2.45, 2.75) is 0 Å². The Morgan fingerprint density at radius 3 is 2.15 bits per heavy atom. The van der Waals surface area contributed by atoms with Crippen LogP contribution in [0.1, 0.15) is 0 Å². The molecular formula is C15H16N4S. The van der Waals surface area contributed by atoms with Crippen LogP contribution < -0.4 is 16.8 Å². The van der Waals surface area contributed by atoms with E-state index >= 15 is 0 Å². The summed E-state index contributed by atoms with van der Waals surface area (Å²) in [5.74, 6) is 0. The molecule has 3 rings (SSSR count). The van der Waals surface area contributed by atoms with Gasteiger partial charge in [-0.15, -0.1) is 11.3 Å². The summed E-state index contributed by atoms with van der Waals surface area (Å²) in [6.07, 6.45) is 1.68. The zero-order chi connectivity index (χ0) is 14.2. The Balaban J connectivity index is 0.000000205. The van der Waals surface area contributed by atoms with Gasteiger partial charge in [-0.3, -0.25) is 0 Å². The van der Waals surface area contributed by atoms with Crippen LogP contribution in [0.3, 0.4) is 0 Å². The first-order valence-electron chi connectivity index (χ1n) is 6.07. The van der Waals surface area contributed by atoms with Gasteiger partial charge in [-0.05, 0) is 24.3 Å². The van der Waals surface area contributed by atoms with Crippen molar-refractivity contribution in [1.29, 1.82) is 0 Å². The standard InChI is InChI=1S/C12H12N2.C3H4N2S/c13-11-8-4-5-9-12(11)14-10-6-2-1-3-7-10;4-3-5-1-2-6-3/h1-9,14H,13H2;1-2H,(H2,4,5). The Morgan fingerprint density at radius 1 is 0.900 bits per heavy atom. The third kappa shape index (κ3) is 4.29. The Hall–Kier alpha value is -2.53. The van der Waals surface area contributed by atoms with Gasteiger partial charge in [-0.25, -0.2) is 4.98 Å². The number of para-hydroxylation sites is 3. The van der Waals surface area contributed by atoms with Gasteiger partial charge in [0.1, 0.15) is 0 Å². The van der Waals surface area contributed by atoms with Crippen molar-refractivity contribution in [3.05, 3.63) is 66.2 Å². The van der Waals surface area contributed by atoms with Gasteiger partial charge < -0.3 is 16.8 Å². The fourth-order valence-electron chi connectivity index (χ4n) is 1.52. The molecule has 1 heterocycles. The number of benzene rings is 2. The molecule has 1 aromatic heterocycles. The van der Waals surface area contributed by atoms with E-state index in [-0.39, 0.29) is 0 Å². The molecule has 0 saturated heterocycles. The number of rotatable bonds is 2. The number of thiazole rings is 1. The molecule has 0 unspecified atom stereocenters. The monoisotopic (exact) mass is 284 g/mol. The van der Waals surface area contributed by atoms with E-state index in [2.05, 4.69) is 10.3 Å². The predicted molar refractivity (Wildman–Crippen MR) is 87.1 cm³/mol. The Kier molecular flexibility index (Phi) is 4.97. The minimum Gasteiger partial charge on any atom is -0.397 e. The highest BCUT2D eigenvalue weighted by molar-refractivity contribution is 7.13. The second-order valence-corrected chi connectivity index (χ2v) is 4.87. The molecule has 0 aliphatic rings. The predicted octanol–water partition coefficient (Wildman–Crippen LogP) is 3.74. The summed E-state index contributed by atoms with van der Waals surface area (Å²) in [6, 6.07) is 17.7. The molecule has 0 amide bonds. The summed E-state index contributed by atoms with van der Waals surface area (Å²) in [6.45, 7) is 0. The second kappa shape index (κ2) is 7.16. The van der Waals surface area contributed by atoms with Crippen LogP contribution in [0.2, 0.25) is 0 Å². The Morgan fingerprint density at radius 2 is 1.60 bits per heavy atom. The smallest absolute Gasteiger partial charge is 0.179 e. The molecule has 20 heavy (non-hydrogen) atoms. The lowest BCUT2D eigenvalue weighted by atomic mass is 10.2. The highest BCUT2D eigenvalue weighted by atomic mass is 32.1. The normalized spacial score (nSPS) is 9.40. The van der Waals surface area contributed by atoms with Crippen LogP contribution in [-0.2, 0) is 0 Å². The first-order chi connectivity index (χ1) is 9.75. The van der Waals surface area contributed by atoms with Gasteiger partial charge in [0.2, 0.25) is 0 Å². The highest BCUT2D eigenvalue weighted by Gasteiger charge is 1.96. The van der Waals surface area contributed by atoms with Gasteiger partial charge in [-0.2, -0.15) is 0 Å². The van der Waals surface area contributed by atoms with Crippen LogP contribution in [0.25, 0.3) is 0 Å². The molecule has 0 saturated carbocycles. The summed E-state index contributed by atoms with van der Waals surface area (Å²) in [5.41, 5.74) is 13.7. The van der Waals surface area contributed by atoms with Crippen LogP contribution in [0.15, 0.2) is 66.2 Å². The number of hydrogen-bond acceptors (Lipinski definition) is 5. The summed E-state index contributed by atoms with van der Waals surface area (Å²) in [4.78, 5) is 3.71. The van der Waals surface area contributed by atoms with Gasteiger partial charge in [0, 0.05) is 17.3 Å². The van der Waals surface area contributed by atoms with E-state index in [0.717, 1.165) is 17.1 Å². The molecule has 0 fully saturated rings. The average Bonchev–Trinajstić information content (AvgIpc) is 2.94. The number of nitrogen functional groups attached to an aromatic ring is 2. The largest absolute Gasteiger partial charge is 0.397 e. The van der Waals surface area contributed by atoms with Crippen LogP contribution in [-0.4, -0.2) is 4.98 Å². The summed E-state index contributed by atoms with van der Waals surface area (Å²) in [5, 5.41) is 5.72. The van der Waals surface area contributed by atoms with E-state index in [9.17, 15) is 0 Å². The SMILES string of the molecule is Nc1ccccc1Nc1ccccc1.Nc1nccs1. The van der Waals surface area contributed by atoms with E-state index in [1.165, 1.54) is 11.3 Å². The lowest BCUT2D eigenvalue weighted by Crippen LogP contribution is -1.94. The van der Waals surface area contributed by atoms with Gasteiger partial charge in [0.05, 0.1) is 11.4 Å². The Bertz CT molecular complexity index is 623. The van der Waals surface area contributed by atoms with Crippen LogP contribution >= 0.6 is 11.3 Å². The van der Waals surface area contributed by atoms with Crippen molar-refractivity contribution >= 4 is 33.5 Å². The van der Waals surface area contributed by atoms with Crippen LogP contribution in [0, 0.1) is 0 Å². The molecule has 0 spiro atoms. The maximum Gasteiger partial charge on any atom is 0.179 e. The molecule has 4 nitrogen and oxygen atoms in total. The first kappa shape index (κ1) is 13.9. The molecule has 0 radical (unpaired) electrons. The first-order valence-corrected chi connectivity index (χ1v) is 6.95. The van der Waals surface area contributed by atoms with E-state index in [0.29, 0.717) is 5.13 Å². The van der Waals surface area contributed by atoms with Crippen molar-refractivity contribution in [1.82, 2.24) is 4.98 Å². The van der Waals surface area contributed by atoms with E-state index in [1.54, 1.807) is 6.20 Å². The molecule has 3 aromatic rings. The van der Waals surface area contributed by atoms with Gasteiger partial charge in [0.15, 0.2) is 5.13 Å². The molecule has 0 bridgehead atoms. The average molecular weight is 284 g/mol. The van der Waals surface area contributed by atoms with Crippen LogP contribution in [0.5, 0.6) is 0 Å². The molecule has 5 heteroatoms. The summed E-state index contributed by atoms with van der Waals surface area (Å²) in [7, 11) is 0. The number of nitrogens with two attached hydrogens (primary N) is 2. The number of nitrogens with zero attached hydrogens (tertiary/aromatic N) is 1. The third-order valence-corrected chi connectivity index (χ3v) is 3.07. The molecular weight excluding hydrogens is 268 g/mol. The Labute approximate surface area is 122 Å².